The maximum atomic E-state index is 13.0. The van der Waals surface area contributed by atoms with E-state index in [2.05, 4.69) is 20.7 Å². The Kier molecular flexibility index (Phi) is 6.96. The fourth-order valence-electron chi connectivity index (χ4n) is 2.71. The van der Waals surface area contributed by atoms with Gasteiger partial charge in [0.2, 0.25) is 5.95 Å². The fraction of sp³-hybridized carbons (Fsp3) is 0.250. The molecular formula is C20H22FN5O2S. The molecule has 0 spiro atoms. The van der Waals surface area contributed by atoms with Crippen LogP contribution >= 0.6 is 12.2 Å². The van der Waals surface area contributed by atoms with E-state index in [0.29, 0.717) is 35.6 Å². The van der Waals surface area contributed by atoms with Gasteiger partial charge in [-0.2, -0.15) is 0 Å². The number of hydrogen-bond acceptors (Lipinski definition) is 5. The summed E-state index contributed by atoms with van der Waals surface area (Å²) in [7, 11) is 3.22. The van der Waals surface area contributed by atoms with Gasteiger partial charge in [-0.1, -0.05) is 18.2 Å². The Morgan fingerprint density at radius 2 is 1.79 bits per heavy atom. The summed E-state index contributed by atoms with van der Waals surface area (Å²) in [5.41, 5.74) is 2.03. The average Bonchev–Trinajstić information content (AvgIpc) is 3.16. The normalized spacial score (nSPS) is 10.4. The summed E-state index contributed by atoms with van der Waals surface area (Å²) in [5.74, 6) is 1.53. The van der Waals surface area contributed by atoms with Gasteiger partial charge in [-0.25, -0.2) is 14.1 Å². The number of nitrogens with one attached hydrogen (secondary N) is 2. The summed E-state index contributed by atoms with van der Waals surface area (Å²) >= 11 is 5.30. The number of ether oxygens (including phenoxy) is 2. The molecule has 1 aromatic heterocycles. The number of aromatic nitrogens is 3. The molecule has 0 saturated carbocycles. The van der Waals surface area contributed by atoms with Crippen molar-refractivity contribution in [1.82, 2.24) is 20.1 Å². The third kappa shape index (κ3) is 5.89. The summed E-state index contributed by atoms with van der Waals surface area (Å²) in [6, 6.07) is 12.1. The Bertz CT molecular complexity index is 962. The molecule has 2 N–H and O–H groups in total. The maximum absolute atomic E-state index is 13.0. The molecule has 0 fully saturated rings. The second kappa shape index (κ2) is 9.83. The average molecular weight is 415 g/mol. The Hall–Kier alpha value is -3.20. The molecule has 0 radical (unpaired) electrons. The highest BCUT2D eigenvalue weighted by molar-refractivity contribution is 7.80. The minimum atomic E-state index is -0.265. The van der Waals surface area contributed by atoms with Crippen LogP contribution in [0.25, 0.3) is 0 Å². The number of nitrogens with zero attached hydrogens (tertiary/aromatic N) is 3. The highest BCUT2D eigenvalue weighted by atomic mass is 32.1. The van der Waals surface area contributed by atoms with E-state index >= 15 is 0 Å². The van der Waals surface area contributed by atoms with Gasteiger partial charge >= 0.3 is 0 Å². The van der Waals surface area contributed by atoms with Crippen molar-refractivity contribution in [2.45, 2.75) is 13.0 Å². The van der Waals surface area contributed by atoms with Crippen LogP contribution < -0.4 is 20.1 Å². The van der Waals surface area contributed by atoms with Crippen LogP contribution in [0.4, 0.5) is 10.3 Å². The van der Waals surface area contributed by atoms with E-state index in [4.69, 9.17) is 21.7 Å². The van der Waals surface area contributed by atoms with Gasteiger partial charge in [0, 0.05) is 6.54 Å². The molecule has 0 amide bonds. The first-order chi connectivity index (χ1) is 14.1. The Labute approximate surface area is 173 Å². The van der Waals surface area contributed by atoms with Crippen molar-refractivity contribution in [3.05, 3.63) is 65.7 Å². The van der Waals surface area contributed by atoms with Crippen molar-refractivity contribution in [2.24, 2.45) is 0 Å². The molecule has 0 aliphatic carbocycles. The molecule has 0 saturated heterocycles. The molecule has 0 unspecified atom stereocenters. The highest BCUT2D eigenvalue weighted by Crippen LogP contribution is 2.27. The molecule has 29 heavy (non-hydrogen) atoms. The van der Waals surface area contributed by atoms with Gasteiger partial charge < -0.3 is 14.8 Å². The fourth-order valence-corrected chi connectivity index (χ4v) is 2.90. The second-order valence-electron chi connectivity index (χ2n) is 6.21. The van der Waals surface area contributed by atoms with Crippen LogP contribution in [0.3, 0.4) is 0 Å². The van der Waals surface area contributed by atoms with E-state index in [-0.39, 0.29) is 5.82 Å². The molecule has 3 rings (SSSR count). The highest BCUT2D eigenvalue weighted by Gasteiger charge is 2.06. The number of benzene rings is 2. The van der Waals surface area contributed by atoms with E-state index in [1.165, 1.54) is 12.1 Å². The lowest BCUT2D eigenvalue weighted by Crippen LogP contribution is -2.30. The monoisotopic (exact) mass is 415 g/mol. The molecule has 9 heteroatoms. The van der Waals surface area contributed by atoms with E-state index < -0.39 is 0 Å². The number of hydrogen-bond donors (Lipinski definition) is 2. The van der Waals surface area contributed by atoms with Crippen LogP contribution in [0.1, 0.15) is 11.1 Å². The number of rotatable bonds is 8. The third-order valence-corrected chi connectivity index (χ3v) is 4.41. The van der Waals surface area contributed by atoms with Gasteiger partial charge in [0.25, 0.3) is 0 Å². The molecule has 0 atom stereocenters. The quantitative estimate of drug-likeness (QED) is 0.548. The van der Waals surface area contributed by atoms with Crippen molar-refractivity contribution >= 4 is 23.3 Å². The molecule has 2 aromatic carbocycles. The van der Waals surface area contributed by atoms with Crippen molar-refractivity contribution in [3.8, 4) is 11.5 Å². The number of anilines is 1. The largest absolute Gasteiger partial charge is 0.493 e. The van der Waals surface area contributed by atoms with E-state index in [0.717, 1.165) is 17.5 Å². The molecule has 7 nitrogen and oxygen atoms in total. The van der Waals surface area contributed by atoms with Crippen LogP contribution in [0.15, 0.2) is 48.8 Å². The number of halogens is 1. The summed E-state index contributed by atoms with van der Waals surface area (Å²) in [5, 5.41) is 10.8. The molecule has 0 bridgehead atoms. The van der Waals surface area contributed by atoms with Crippen LogP contribution in [-0.2, 0) is 13.0 Å². The van der Waals surface area contributed by atoms with Crippen molar-refractivity contribution < 1.29 is 13.9 Å². The van der Waals surface area contributed by atoms with Gasteiger partial charge in [0.15, 0.2) is 16.6 Å². The molecule has 152 valence electrons. The van der Waals surface area contributed by atoms with Gasteiger partial charge in [-0.05, 0) is 54.0 Å². The first-order valence-corrected chi connectivity index (χ1v) is 9.38. The molecule has 0 aliphatic rings. The van der Waals surface area contributed by atoms with Crippen LogP contribution in [0, 0.1) is 5.82 Å². The molecule has 0 aliphatic heterocycles. The predicted molar refractivity (Wildman–Crippen MR) is 113 cm³/mol. The van der Waals surface area contributed by atoms with Crippen LogP contribution in [0.2, 0.25) is 0 Å². The first kappa shape index (κ1) is 20.5. The Morgan fingerprint density at radius 1 is 1.07 bits per heavy atom. The summed E-state index contributed by atoms with van der Waals surface area (Å²) in [4.78, 5) is 4.19. The predicted octanol–water partition coefficient (Wildman–Crippen LogP) is 3.01. The Balaban J connectivity index is 1.46. The molecule has 1 heterocycles. The second-order valence-corrected chi connectivity index (χ2v) is 6.62. The zero-order valence-corrected chi connectivity index (χ0v) is 17.0. The molecule has 3 aromatic rings. The van der Waals surface area contributed by atoms with Crippen molar-refractivity contribution in [1.29, 1.82) is 0 Å². The van der Waals surface area contributed by atoms with Crippen LogP contribution in [-0.4, -0.2) is 40.6 Å². The number of methoxy groups -OCH3 is 2. The minimum Gasteiger partial charge on any atom is -0.493 e. The summed E-state index contributed by atoms with van der Waals surface area (Å²) in [6.07, 6.45) is 2.35. The van der Waals surface area contributed by atoms with Gasteiger partial charge in [-0.3, -0.25) is 5.32 Å². The Morgan fingerprint density at radius 3 is 2.52 bits per heavy atom. The zero-order valence-electron chi connectivity index (χ0n) is 16.2. The summed E-state index contributed by atoms with van der Waals surface area (Å²) < 4.78 is 25.2. The topological polar surface area (TPSA) is 73.2 Å². The van der Waals surface area contributed by atoms with Gasteiger partial charge in [0.1, 0.15) is 12.1 Å². The lowest BCUT2D eigenvalue weighted by molar-refractivity contribution is 0.354. The van der Waals surface area contributed by atoms with E-state index in [9.17, 15) is 4.39 Å². The van der Waals surface area contributed by atoms with E-state index in [1.54, 1.807) is 37.4 Å². The SMILES string of the molecule is COc1ccc(CCNC(=S)Nc2ncn(Cc3ccc(F)cc3)n2)cc1OC. The van der Waals surface area contributed by atoms with Crippen molar-refractivity contribution in [3.63, 3.8) is 0 Å². The van der Waals surface area contributed by atoms with Gasteiger partial charge in [0.05, 0.1) is 20.8 Å². The lowest BCUT2D eigenvalue weighted by Gasteiger charge is -2.11. The van der Waals surface area contributed by atoms with Crippen molar-refractivity contribution in [2.75, 3.05) is 26.1 Å². The third-order valence-electron chi connectivity index (χ3n) is 4.17. The standard InChI is InChI=1S/C20H22FN5O2S/c1-27-17-8-5-14(11-18(17)28-2)9-10-22-20(29)24-19-23-13-26(25-19)12-15-3-6-16(21)7-4-15/h3-8,11,13H,9-10,12H2,1-2H3,(H2,22,24,25,29). The van der Waals surface area contributed by atoms with Crippen LogP contribution in [0.5, 0.6) is 11.5 Å². The lowest BCUT2D eigenvalue weighted by atomic mass is 10.1. The minimum absolute atomic E-state index is 0.265. The van der Waals surface area contributed by atoms with E-state index in [1.807, 2.05) is 18.2 Å². The smallest absolute Gasteiger partial charge is 0.248 e. The summed E-state index contributed by atoms with van der Waals surface area (Å²) in [6.45, 7) is 1.13. The maximum Gasteiger partial charge on any atom is 0.248 e. The molecular weight excluding hydrogens is 393 g/mol. The van der Waals surface area contributed by atoms with Gasteiger partial charge in [-0.15, -0.1) is 5.10 Å². The first-order valence-electron chi connectivity index (χ1n) is 8.97. The zero-order chi connectivity index (χ0) is 20.6. The number of thiocarbonyl (C=S) groups is 1.